The molecule has 0 spiro atoms. The van der Waals surface area contributed by atoms with Crippen LogP contribution in [0.15, 0.2) is 0 Å². The summed E-state index contributed by atoms with van der Waals surface area (Å²) in [5.41, 5.74) is 0. The van der Waals surface area contributed by atoms with Crippen molar-refractivity contribution in [2.75, 3.05) is 59.0 Å². The van der Waals surface area contributed by atoms with Crippen LogP contribution < -0.4 is 5.32 Å². The SMILES string of the molecule is CC(C)COCCN1CC(N2CCNCC2)C1. The summed E-state index contributed by atoms with van der Waals surface area (Å²) in [7, 11) is 0. The highest BCUT2D eigenvalue weighted by Gasteiger charge is 2.31. The van der Waals surface area contributed by atoms with Crippen LogP contribution in [0.3, 0.4) is 0 Å². The highest BCUT2D eigenvalue weighted by Crippen LogP contribution is 2.14. The van der Waals surface area contributed by atoms with Crippen molar-refractivity contribution in [2.24, 2.45) is 5.92 Å². The number of likely N-dealkylation sites (tertiary alicyclic amines) is 1. The average Bonchev–Trinajstić information content (AvgIpc) is 2.27. The standard InChI is InChI=1S/C13H27N3O/c1-12(2)11-17-8-7-15-9-13(10-15)16-5-3-14-4-6-16/h12-14H,3-11H2,1-2H3. The number of hydrogen-bond acceptors (Lipinski definition) is 4. The van der Waals surface area contributed by atoms with E-state index in [2.05, 4.69) is 29.0 Å². The van der Waals surface area contributed by atoms with Gasteiger partial charge in [0, 0.05) is 58.5 Å². The Morgan fingerprint density at radius 1 is 1.24 bits per heavy atom. The van der Waals surface area contributed by atoms with Gasteiger partial charge in [-0.2, -0.15) is 0 Å². The Morgan fingerprint density at radius 3 is 2.59 bits per heavy atom. The van der Waals surface area contributed by atoms with Gasteiger partial charge in [-0.25, -0.2) is 0 Å². The zero-order valence-corrected chi connectivity index (χ0v) is 11.3. The van der Waals surface area contributed by atoms with Gasteiger partial charge < -0.3 is 10.1 Å². The van der Waals surface area contributed by atoms with Crippen molar-refractivity contribution in [3.63, 3.8) is 0 Å². The first-order valence-electron chi connectivity index (χ1n) is 7.00. The predicted octanol–water partition coefficient (Wildman–Crippen LogP) is 0.248. The predicted molar refractivity (Wildman–Crippen MR) is 70.3 cm³/mol. The van der Waals surface area contributed by atoms with Crippen LogP contribution in [0.25, 0.3) is 0 Å². The van der Waals surface area contributed by atoms with Crippen LogP contribution >= 0.6 is 0 Å². The molecule has 0 bridgehead atoms. The van der Waals surface area contributed by atoms with Gasteiger partial charge in [0.2, 0.25) is 0 Å². The lowest BCUT2D eigenvalue weighted by molar-refractivity contribution is 0.00377. The molecule has 0 aromatic rings. The van der Waals surface area contributed by atoms with Crippen molar-refractivity contribution in [3.05, 3.63) is 0 Å². The van der Waals surface area contributed by atoms with Gasteiger partial charge in [0.15, 0.2) is 0 Å². The molecule has 2 aliphatic heterocycles. The molecule has 0 aromatic heterocycles. The van der Waals surface area contributed by atoms with E-state index >= 15 is 0 Å². The van der Waals surface area contributed by atoms with Crippen LogP contribution in [0, 0.1) is 5.92 Å². The maximum Gasteiger partial charge on any atom is 0.0593 e. The van der Waals surface area contributed by atoms with Gasteiger partial charge in [-0.1, -0.05) is 13.8 Å². The molecule has 2 saturated heterocycles. The van der Waals surface area contributed by atoms with Crippen molar-refractivity contribution in [1.82, 2.24) is 15.1 Å². The van der Waals surface area contributed by atoms with Gasteiger partial charge >= 0.3 is 0 Å². The number of nitrogens with one attached hydrogen (secondary N) is 1. The molecule has 2 fully saturated rings. The third kappa shape index (κ3) is 4.21. The fourth-order valence-electron chi connectivity index (χ4n) is 2.52. The highest BCUT2D eigenvalue weighted by molar-refractivity contribution is 4.89. The Labute approximate surface area is 105 Å². The lowest BCUT2D eigenvalue weighted by atomic mass is 10.1. The van der Waals surface area contributed by atoms with E-state index in [0.717, 1.165) is 38.9 Å². The number of hydrogen-bond donors (Lipinski definition) is 1. The molecule has 1 N–H and O–H groups in total. The normalized spacial score (nSPS) is 24.2. The minimum atomic E-state index is 0.653. The minimum Gasteiger partial charge on any atom is -0.380 e. The Bertz CT molecular complexity index is 211. The fraction of sp³-hybridized carbons (Fsp3) is 1.00. The van der Waals surface area contributed by atoms with Crippen LogP contribution in [-0.4, -0.2) is 74.9 Å². The maximum absolute atomic E-state index is 5.62. The third-order valence-corrected chi connectivity index (χ3v) is 3.61. The molecule has 0 aromatic carbocycles. The summed E-state index contributed by atoms with van der Waals surface area (Å²) in [4.78, 5) is 5.13. The summed E-state index contributed by atoms with van der Waals surface area (Å²) in [6, 6.07) is 0.808. The molecule has 0 atom stereocenters. The summed E-state index contributed by atoms with van der Waals surface area (Å²) < 4.78 is 5.62. The van der Waals surface area contributed by atoms with Crippen LogP contribution in [0.5, 0.6) is 0 Å². The van der Waals surface area contributed by atoms with Crippen molar-refractivity contribution in [2.45, 2.75) is 19.9 Å². The van der Waals surface area contributed by atoms with E-state index < -0.39 is 0 Å². The topological polar surface area (TPSA) is 27.7 Å². The van der Waals surface area contributed by atoms with Gasteiger partial charge in [0.1, 0.15) is 0 Å². The Morgan fingerprint density at radius 2 is 1.94 bits per heavy atom. The van der Waals surface area contributed by atoms with Gasteiger partial charge in [-0.05, 0) is 5.92 Å². The highest BCUT2D eigenvalue weighted by atomic mass is 16.5. The fourth-order valence-corrected chi connectivity index (χ4v) is 2.52. The molecule has 4 heteroatoms. The quantitative estimate of drug-likeness (QED) is 0.675. The van der Waals surface area contributed by atoms with E-state index in [0.29, 0.717) is 5.92 Å². The first-order chi connectivity index (χ1) is 8.25. The van der Waals surface area contributed by atoms with E-state index in [9.17, 15) is 0 Å². The first-order valence-corrected chi connectivity index (χ1v) is 7.00. The average molecular weight is 241 g/mol. The molecule has 0 aliphatic carbocycles. The number of rotatable bonds is 6. The van der Waals surface area contributed by atoms with Gasteiger partial charge in [0.05, 0.1) is 6.61 Å². The van der Waals surface area contributed by atoms with Gasteiger partial charge in [0.25, 0.3) is 0 Å². The zero-order chi connectivity index (χ0) is 12.1. The van der Waals surface area contributed by atoms with E-state index in [1.165, 1.54) is 26.2 Å². The lowest BCUT2D eigenvalue weighted by Gasteiger charge is -2.46. The summed E-state index contributed by atoms with van der Waals surface area (Å²) in [5.74, 6) is 0.653. The van der Waals surface area contributed by atoms with Crippen LogP contribution in [0.4, 0.5) is 0 Å². The van der Waals surface area contributed by atoms with E-state index in [1.54, 1.807) is 0 Å². The van der Waals surface area contributed by atoms with Crippen molar-refractivity contribution in [3.8, 4) is 0 Å². The molecule has 0 unspecified atom stereocenters. The second-order valence-electron chi connectivity index (χ2n) is 5.67. The molecule has 0 saturated carbocycles. The monoisotopic (exact) mass is 241 g/mol. The van der Waals surface area contributed by atoms with Gasteiger partial charge in [-0.3, -0.25) is 9.80 Å². The molecular weight excluding hydrogens is 214 g/mol. The molecule has 0 amide bonds. The third-order valence-electron chi connectivity index (χ3n) is 3.61. The van der Waals surface area contributed by atoms with Crippen LogP contribution in [0.2, 0.25) is 0 Å². The second-order valence-corrected chi connectivity index (χ2v) is 5.67. The summed E-state index contributed by atoms with van der Waals surface area (Å²) >= 11 is 0. The van der Waals surface area contributed by atoms with Gasteiger partial charge in [-0.15, -0.1) is 0 Å². The van der Waals surface area contributed by atoms with Crippen molar-refractivity contribution < 1.29 is 4.74 Å². The van der Waals surface area contributed by atoms with Crippen LogP contribution in [0.1, 0.15) is 13.8 Å². The first kappa shape index (κ1) is 13.3. The van der Waals surface area contributed by atoms with E-state index in [-0.39, 0.29) is 0 Å². The Balaban J connectivity index is 1.50. The Kier molecular flexibility index (Phi) is 5.22. The zero-order valence-electron chi connectivity index (χ0n) is 11.3. The van der Waals surface area contributed by atoms with E-state index in [4.69, 9.17) is 4.74 Å². The van der Waals surface area contributed by atoms with E-state index in [1.807, 2.05) is 0 Å². The minimum absolute atomic E-state index is 0.653. The number of nitrogens with zero attached hydrogens (tertiary/aromatic N) is 2. The smallest absolute Gasteiger partial charge is 0.0593 e. The molecule has 0 radical (unpaired) electrons. The second kappa shape index (κ2) is 6.69. The molecule has 2 heterocycles. The Hall–Kier alpha value is -0.160. The summed E-state index contributed by atoms with van der Waals surface area (Å²) in [6.07, 6.45) is 0. The van der Waals surface area contributed by atoms with Crippen molar-refractivity contribution in [1.29, 1.82) is 0 Å². The molecule has 2 rings (SSSR count). The molecule has 100 valence electrons. The number of ether oxygens (including phenoxy) is 1. The molecular formula is C13H27N3O. The number of piperazine rings is 1. The molecule has 17 heavy (non-hydrogen) atoms. The largest absolute Gasteiger partial charge is 0.380 e. The maximum atomic E-state index is 5.62. The summed E-state index contributed by atoms with van der Waals surface area (Å²) in [6.45, 7) is 14.5. The lowest BCUT2D eigenvalue weighted by Crippen LogP contribution is -2.63. The van der Waals surface area contributed by atoms with Crippen molar-refractivity contribution >= 4 is 0 Å². The molecule has 4 nitrogen and oxygen atoms in total. The van der Waals surface area contributed by atoms with Crippen LogP contribution in [-0.2, 0) is 4.74 Å². The molecule has 2 aliphatic rings. The summed E-state index contributed by atoms with van der Waals surface area (Å²) in [5, 5.41) is 3.41.